The van der Waals surface area contributed by atoms with Gasteiger partial charge < -0.3 is 14.8 Å². The first-order valence-electron chi connectivity index (χ1n) is 10.2. The van der Waals surface area contributed by atoms with Crippen LogP contribution in [-0.4, -0.2) is 17.6 Å². The predicted molar refractivity (Wildman–Crippen MR) is 112 cm³/mol. The molecule has 0 aliphatic carbocycles. The van der Waals surface area contributed by atoms with E-state index in [0.29, 0.717) is 0 Å². The van der Waals surface area contributed by atoms with Crippen LogP contribution >= 0.6 is 0 Å². The molecule has 2 atom stereocenters. The third-order valence-electron chi connectivity index (χ3n) is 5.96. The number of amides is 1. The summed E-state index contributed by atoms with van der Waals surface area (Å²) < 4.78 is 12.2. The predicted octanol–water partition coefficient (Wildman–Crippen LogP) is 5.27. The second kappa shape index (κ2) is 8.26. The number of benzene rings is 2. The Morgan fingerprint density at radius 3 is 2.57 bits per heavy atom. The normalized spacial score (nSPS) is 18.5. The molecule has 0 fully saturated rings. The Hall–Kier alpha value is -2.49. The molecule has 1 aliphatic heterocycles. The van der Waals surface area contributed by atoms with Crippen molar-refractivity contribution in [1.82, 2.24) is 5.32 Å². The molecule has 3 rings (SSSR count). The summed E-state index contributed by atoms with van der Waals surface area (Å²) in [5, 5.41) is 3.20. The summed E-state index contributed by atoms with van der Waals surface area (Å²) in [6.45, 7) is 10.2. The molecule has 4 heteroatoms. The average Bonchev–Trinajstić information content (AvgIpc) is 2.70. The van der Waals surface area contributed by atoms with Crippen LogP contribution in [0.4, 0.5) is 0 Å². The number of carbonyl (C=O) groups is 1. The van der Waals surface area contributed by atoms with Crippen LogP contribution in [0.25, 0.3) is 0 Å². The van der Waals surface area contributed by atoms with Gasteiger partial charge in [-0.25, -0.2) is 0 Å². The molecular weight excluding hydrogens is 350 g/mol. The van der Waals surface area contributed by atoms with Crippen LogP contribution in [0.2, 0.25) is 0 Å². The lowest BCUT2D eigenvalue weighted by Crippen LogP contribution is -2.46. The minimum absolute atomic E-state index is 0.0804. The molecule has 0 radical (unpaired) electrons. The number of hydrogen-bond donors (Lipinski definition) is 1. The molecule has 0 aromatic heterocycles. The Kier molecular flexibility index (Phi) is 5.97. The minimum Gasteiger partial charge on any atom is -0.487 e. The third-order valence-corrected chi connectivity index (χ3v) is 5.96. The number of ether oxygens (including phenoxy) is 2. The first-order valence-corrected chi connectivity index (χ1v) is 10.2. The van der Waals surface area contributed by atoms with E-state index >= 15 is 0 Å². The van der Waals surface area contributed by atoms with Crippen molar-refractivity contribution in [1.29, 1.82) is 0 Å². The fourth-order valence-corrected chi connectivity index (χ4v) is 3.76. The van der Waals surface area contributed by atoms with Gasteiger partial charge in [0.2, 0.25) is 0 Å². The Bertz CT molecular complexity index is 841. The van der Waals surface area contributed by atoms with Crippen LogP contribution in [0.5, 0.6) is 11.5 Å². The summed E-state index contributed by atoms with van der Waals surface area (Å²) >= 11 is 0. The van der Waals surface area contributed by atoms with E-state index in [4.69, 9.17) is 9.47 Å². The molecule has 28 heavy (non-hydrogen) atoms. The Morgan fingerprint density at radius 2 is 1.89 bits per heavy atom. The number of para-hydroxylation sites is 1. The van der Waals surface area contributed by atoms with Gasteiger partial charge in [-0.1, -0.05) is 38.1 Å². The summed E-state index contributed by atoms with van der Waals surface area (Å²) in [6, 6.07) is 13.8. The number of hydrogen-bond acceptors (Lipinski definition) is 3. The van der Waals surface area contributed by atoms with Crippen molar-refractivity contribution in [2.45, 2.75) is 71.6 Å². The van der Waals surface area contributed by atoms with E-state index in [1.54, 1.807) is 6.92 Å². The zero-order valence-corrected chi connectivity index (χ0v) is 17.5. The number of fused-ring (bicyclic) bond motifs is 1. The van der Waals surface area contributed by atoms with E-state index in [1.807, 2.05) is 49.4 Å². The van der Waals surface area contributed by atoms with Crippen molar-refractivity contribution in [3.8, 4) is 11.5 Å². The highest BCUT2D eigenvalue weighted by molar-refractivity contribution is 5.81. The lowest BCUT2D eigenvalue weighted by atomic mass is 9.83. The van der Waals surface area contributed by atoms with Gasteiger partial charge in [0.25, 0.3) is 5.91 Å². The highest BCUT2D eigenvalue weighted by Crippen LogP contribution is 2.42. The zero-order chi connectivity index (χ0) is 20.3. The third kappa shape index (κ3) is 4.16. The maximum atomic E-state index is 12.9. The second-order valence-electron chi connectivity index (χ2n) is 7.80. The Morgan fingerprint density at radius 1 is 1.18 bits per heavy atom. The van der Waals surface area contributed by atoms with E-state index in [1.165, 1.54) is 5.56 Å². The number of rotatable bonds is 6. The largest absolute Gasteiger partial charge is 0.487 e. The molecule has 0 unspecified atom stereocenters. The van der Waals surface area contributed by atoms with Crippen molar-refractivity contribution in [2.24, 2.45) is 0 Å². The van der Waals surface area contributed by atoms with Crippen LogP contribution in [0.15, 0.2) is 42.5 Å². The van der Waals surface area contributed by atoms with Gasteiger partial charge in [0, 0.05) is 12.0 Å². The second-order valence-corrected chi connectivity index (χ2v) is 7.80. The highest BCUT2D eigenvalue weighted by Gasteiger charge is 2.39. The van der Waals surface area contributed by atoms with Crippen molar-refractivity contribution in [2.75, 3.05) is 0 Å². The molecule has 1 heterocycles. The van der Waals surface area contributed by atoms with Crippen LogP contribution < -0.4 is 14.8 Å². The van der Waals surface area contributed by atoms with Gasteiger partial charge in [0.1, 0.15) is 17.1 Å². The topological polar surface area (TPSA) is 47.6 Å². The van der Waals surface area contributed by atoms with Gasteiger partial charge >= 0.3 is 0 Å². The van der Waals surface area contributed by atoms with Crippen LogP contribution in [-0.2, 0) is 4.79 Å². The van der Waals surface area contributed by atoms with Gasteiger partial charge in [-0.3, -0.25) is 4.79 Å². The molecule has 4 nitrogen and oxygen atoms in total. The molecule has 2 aromatic rings. The number of aryl methyl sites for hydroxylation is 2. The average molecular weight is 382 g/mol. The van der Waals surface area contributed by atoms with Crippen molar-refractivity contribution in [3.63, 3.8) is 0 Å². The van der Waals surface area contributed by atoms with Crippen LogP contribution in [0.1, 0.15) is 62.8 Å². The van der Waals surface area contributed by atoms with E-state index in [2.05, 4.69) is 26.1 Å². The molecule has 1 amide bonds. The highest BCUT2D eigenvalue weighted by atomic mass is 16.5. The maximum Gasteiger partial charge on any atom is 0.261 e. The van der Waals surface area contributed by atoms with Gasteiger partial charge in [-0.2, -0.15) is 0 Å². The minimum atomic E-state index is -0.574. The molecule has 1 aliphatic rings. The zero-order valence-electron chi connectivity index (χ0n) is 17.5. The molecule has 0 bridgehead atoms. The first kappa shape index (κ1) is 20.2. The van der Waals surface area contributed by atoms with Crippen molar-refractivity contribution >= 4 is 5.91 Å². The van der Waals surface area contributed by atoms with Crippen LogP contribution in [0, 0.1) is 13.8 Å². The lowest BCUT2D eigenvalue weighted by Gasteiger charge is -2.41. The van der Waals surface area contributed by atoms with Crippen molar-refractivity contribution < 1.29 is 14.3 Å². The smallest absolute Gasteiger partial charge is 0.261 e. The quantitative estimate of drug-likeness (QED) is 0.741. The SMILES string of the molecule is CCC1(CC)C[C@H](NC(=O)[C@@H](C)Oc2ccc(C)c(C)c2)c2ccccc2O1. The summed E-state index contributed by atoms with van der Waals surface area (Å²) in [5.41, 5.74) is 3.15. The molecule has 0 saturated carbocycles. The first-order chi connectivity index (χ1) is 13.4. The number of nitrogens with one attached hydrogen (secondary N) is 1. The summed E-state index contributed by atoms with van der Waals surface area (Å²) in [4.78, 5) is 12.9. The summed E-state index contributed by atoms with van der Waals surface area (Å²) in [7, 11) is 0. The van der Waals surface area contributed by atoms with Crippen LogP contribution in [0.3, 0.4) is 0 Å². The van der Waals surface area contributed by atoms with Crippen molar-refractivity contribution in [3.05, 3.63) is 59.2 Å². The molecular formula is C24H31NO3. The lowest BCUT2D eigenvalue weighted by molar-refractivity contribution is -0.128. The standard InChI is InChI=1S/C24H31NO3/c1-6-24(7-2)15-21(20-10-8-9-11-22(20)28-24)25-23(26)18(5)27-19-13-12-16(3)17(4)14-19/h8-14,18,21H,6-7,15H2,1-5H3,(H,25,26)/t18-,21+/m1/s1. The monoisotopic (exact) mass is 381 g/mol. The fraction of sp³-hybridized carbons (Fsp3) is 0.458. The Labute approximate surface area is 168 Å². The molecule has 0 spiro atoms. The molecule has 0 saturated heterocycles. The van der Waals surface area contributed by atoms with Gasteiger partial charge in [-0.15, -0.1) is 0 Å². The maximum absolute atomic E-state index is 12.9. The fourth-order valence-electron chi connectivity index (χ4n) is 3.76. The van der Waals surface area contributed by atoms with E-state index in [9.17, 15) is 4.79 Å². The molecule has 1 N–H and O–H groups in total. The van der Waals surface area contributed by atoms with Gasteiger partial charge in [0.05, 0.1) is 6.04 Å². The number of carbonyl (C=O) groups excluding carboxylic acids is 1. The summed E-state index contributed by atoms with van der Waals surface area (Å²) in [6.07, 6.45) is 1.99. The van der Waals surface area contributed by atoms with Gasteiger partial charge in [0.15, 0.2) is 6.10 Å². The van der Waals surface area contributed by atoms with Gasteiger partial charge in [-0.05, 0) is 62.9 Å². The summed E-state index contributed by atoms with van der Waals surface area (Å²) in [5.74, 6) is 1.47. The molecule has 2 aromatic carbocycles. The Balaban J connectivity index is 1.75. The van der Waals surface area contributed by atoms with E-state index in [-0.39, 0.29) is 17.6 Å². The van der Waals surface area contributed by atoms with E-state index in [0.717, 1.165) is 41.9 Å². The molecule has 150 valence electrons. The van der Waals surface area contributed by atoms with E-state index < -0.39 is 6.10 Å².